The van der Waals surface area contributed by atoms with E-state index in [-0.39, 0.29) is 6.61 Å². The summed E-state index contributed by atoms with van der Waals surface area (Å²) in [5.74, 6) is 2.78. The molecule has 0 fully saturated rings. The fourth-order valence-electron chi connectivity index (χ4n) is 1.39. The van der Waals surface area contributed by atoms with Crippen LogP contribution in [0.1, 0.15) is 12.5 Å². The summed E-state index contributed by atoms with van der Waals surface area (Å²) in [5.41, 5.74) is 4.48. The Bertz CT molecular complexity index is 332. The van der Waals surface area contributed by atoms with Crippen LogP contribution in [0, 0.1) is 18.4 Å². The van der Waals surface area contributed by atoms with Gasteiger partial charge in [0.2, 0.25) is 0 Å². The van der Waals surface area contributed by atoms with Gasteiger partial charge in [0.25, 0.3) is 0 Å². The van der Waals surface area contributed by atoms with Crippen molar-refractivity contribution in [1.29, 1.82) is 0 Å². The molecule has 1 atom stereocenters. The Morgan fingerprint density at radius 3 is 2.43 bits per heavy atom. The van der Waals surface area contributed by atoms with Gasteiger partial charge in [-0.3, -0.25) is 0 Å². The van der Waals surface area contributed by atoms with Crippen LogP contribution in [0.3, 0.4) is 0 Å². The first-order valence-corrected chi connectivity index (χ1v) is 6.91. The molecule has 0 radical (unpaired) electrons. The molecule has 14 heavy (non-hydrogen) atoms. The minimum atomic E-state index is -1.13. The van der Waals surface area contributed by atoms with Gasteiger partial charge in [-0.15, -0.1) is 5.54 Å². The highest BCUT2D eigenvalue weighted by molar-refractivity contribution is 6.80. The Labute approximate surface area is 87.4 Å². The van der Waals surface area contributed by atoms with Gasteiger partial charge in [-0.05, 0) is 18.2 Å². The van der Waals surface area contributed by atoms with Crippen molar-refractivity contribution in [3.8, 4) is 11.5 Å². The van der Waals surface area contributed by atoms with Gasteiger partial charge < -0.3 is 5.11 Å². The number of aryl methyl sites for hydroxylation is 1. The zero-order valence-corrected chi connectivity index (χ0v) is 9.90. The number of aliphatic hydroxyl groups excluding tert-OH is 1. The summed E-state index contributed by atoms with van der Waals surface area (Å²) in [4.78, 5) is 0. The van der Waals surface area contributed by atoms with E-state index in [1.165, 1.54) is 10.8 Å². The third kappa shape index (κ3) is 3.02. The molecule has 0 aliphatic rings. The Kier molecular flexibility index (Phi) is 4.44. The van der Waals surface area contributed by atoms with Gasteiger partial charge in [0.05, 0.1) is 0 Å². The normalized spacial score (nSPS) is 11.6. The molecule has 0 aliphatic carbocycles. The predicted molar refractivity (Wildman–Crippen MR) is 63.3 cm³/mol. The van der Waals surface area contributed by atoms with Crippen LogP contribution in [0.2, 0.25) is 6.04 Å². The molecule has 0 heterocycles. The van der Waals surface area contributed by atoms with Crippen LogP contribution in [0.5, 0.6) is 0 Å². The standard InChI is InChI=1S/C12H16OSi/c1-3-14(10-4-9-13)12-7-5-11(2)6-8-12/h5-8,13-14H,3,9H2,1-2H3. The lowest BCUT2D eigenvalue weighted by Gasteiger charge is -2.06. The summed E-state index contributed by atoms with van der Waals surface area (Å²) in [6.07, 6.45) is 0. The second kappa shape index (κ2) is 5.64. The summed E-state index contributed by atoms with van der Waals surface area (Å²) < 4.78 is 0. The second-order valence-corrected chi connectivity index (χ2v) is 6.23. The molecule has 0 bridgehead atoms. The van der Waals surface area contributed by atoms with E-state index in [1.807, 2.05) is 0 Å². The third-order valence-electron chi connectivity index (χ3n) is 2.24. The SMILES string of the molecule is CC[SiH](C#CCO)c1ccc(C)cc1. The van der Waals surface area contributed by atoms with Gasteiger partial charge in [0.1, 0.15) is 6.61 Å². The van der Waals surface area contributed by atoms with Crippen molar-refractivity contribution in [3.05, 3.63) is 29.8 Å². The zero-order valence-electron chi connectivity index (χ0n) is 8.75. The van der Waals surface area contributed by atoms with Crippen molar-refractivity contribution in [2.24, 2.45) is 0 Å². The molecule has 1 aromatic carbocycles. The van der Waals surface area contributed by atoms with E-state index in [0.29, 0.717) is 0 Å². The summed E-state index contributed by atoms with van der Waals surface area (Å²) >= 11 is 0. The van der Waals surface area contributed by atoms with Gasteiger partial charge in [-0.1, -0.05) is 42.7 Å². The topological polar surface area (TPSA) is 20.2 Å². The van der Waals surface area contributed by atoms with Crippen LogP contribution < -0.4 is 5.19 Å². The molecule has 0 aliphatic heterocycles. The van der Waals surface area contributed by atoms with Crippen LogP contribution in [-0.4, -0.2) is 20.5 Å². The van der Waals surface area contributed by atoms with Gasteiger partial charge in [0.15, 0.2) is 8.80 Å². The van der Waals surface area contributed by atoms with E-state index >= 15 is 0 Å². The minimum Gasteiger partial charge on any atom is -0.384 e. The lowest BCUT2D eigenvalue weighted by Crippen LogP contribution is -2.27. The molecule has 0 amide bonds. The number of benzene rings is 1. The molecule has 74 valence electrons. The quantitative estimate of drug-likeness (QED) is 0.562. The summed E-state index contributed by atoms with van der Waals surface area (Å²) in [7, 11) is -1.13. The fourth-order valence-corrected chi connectivity index (χ4v) is 3.23. The molecule has 0 saturated heterocycles. The summed E-state index contributed by atoms with van der Waals surface area (Å²) in [6.45, 7) is 4.24. The average Bonchev–Trinajstić information content (AvgIpc) is 2.21. The number of hydrogen-bond donors (Lipinski definition) is 1. The van der Waals surface area contributed by atoms with Gasteiger partial charge in [-0.2, -0.15) is 0 Å². The molecule has 0 aromatic heterocycles. The summed E-state index contributed by atoms with van der Waals surface area (Å²) in [6, 6.07) is 9.72. The Hall–Kier alpha value is -1.04. The Morgan fingerprint density at radius 1 is 1.29 bits per heavy atom. The van der Waals surface area contributed by atoms with Crippen LogP contribution in [-0.2, 0) is 0 Å². The van der Waals surface area contributed by atoms with Gasteiger partial charge in [-0.25, -0.2) is 0 Å². The fraction of sp³-hybridized carbons (Fsp3) is 0.333. The van der Waals surface area contributed by atoms with Crippen LogP contribution in [0.4, 0.5) is 0 Å². The molecule has 0 spiro atoms. The van der Waals surface area contributed by atoms with Gasteiger partial charge in [0, 0.05) is 0 Å². The van der Waals surface area contributed by atoms with Crippen molar-refractivity contribution in [2.75, 3.05) is 6.61 Å². The molecular formula is C12H16OSi. The molecule has 1 rings (SSSR count). The van der Waals surface area contributed by atoms with E-state index in [9.17, 15) is 0 Å². The van der Waals surface area contributed by atoms with Crippen molar-refractivity contribution < 1.29 is 5.11 Å². The number of rotatable bonds is 2. The molecule has 0 saturated carbocycles. The Balaban J connectivity index is 2.84. The molecule has 1 aromatic rings. The average molecular weight is 204 g/mol. The molecular weight excluding hydrogens is 188 g/mol. The maximum absolute atomic E-state index is 8.65. The van der Waals surface area contributed by atoms with E-state index in [4.69, 9.17) is 5.11 Å². The molecule has 1 N–H and O–H groups in total. The molecule has 1 nitrogen and oxygen atoms in total. The zero-order chi connectivity index (χ0) is 10.4. The molecule has 1 unspecified atom stereocenters. The first-order chi connectivity index (χ1) is 6.77. The van der Waals surface area contributed by atoms with Crippen molar-refractivity contribution in [3.63, 3.8) is 0 Å². The van der Waals surface area contributed by atoms with E-state index in [1.54, 1.807) is 0 Å². The maximum Gasteiger partial charge on any atom is 0.153 e. The highest BCUT2D eigenvalue weighted by atomic mass is 28.3. The van der Waals surface area contributed by atoms with Crippen LogP contribution in [0.15, 0.2) is 24.3 Å². The maximum atomic E-state index is 8.65. The van der Waals surface area contributed by atoms with Crippen LogP contribution >= 0.6 is 0 Å². The predicted octanol–water partition coefficient (Wildman–Crippen LogP) is 0.984. The monoisotopic (exact) mass is 204 g/mol. The van der Waals surface area contributed by atoms with Crippen molar-refractivity contribution in [2.45, 2.75) is 19.9 Å². The van der Waals surface area contributed by atoms with Crippen molar-refractivity contribution >= 4 is 14.0 Å². The number of aliphatic hydroxyl groups is 1. The third-order valence-corrected chi connectivity index (χ3v) is 4.80. The lowest BCUT2D eigenvalue weighted by atomic mass is 10.2. The Morgan fingerprint density at radius 2 is 1.93 bits per heavy atom. The van der Waals surface area contributed by atoms with Crippen LogP contribution in [0.25, 0.3) is 0 Å². The first kappa shape index (κ1) is 11.0. The van der Waals surface area contributed by atoms with E-state index < -0.39 is 8.80 Å². The van der Waals surface area contributed by atoms with E-state index in [0.717, 1.165) is 6.04 Å². The largest absolute Gasteiger partial charge is 0.384 e. The van der Waals surface area contributed by atoms with E-state index in [2.05, 4.69) is 49.6 Å². The first-order valence-electron chi connectivity index (χ1n) is 4.93. The highest BCUT2D eigenvalue weighted by Crippen LogP contribution is 1.97. The molecule has 2 heteroatoms. The summed E-state index contributed by atoms with van der Waals surface area (Å²) in [5, 5.41) is 10.0. The second-order valence-electron chi connectivity index (χ2n) is 3.35. The smallest absolute Gasteiger partial charge is 0.153 e. The highest BCUT2D eigenvalue weighted by Gasteiger charge is 2.06. The van der Waals surface area contributed by atoms with Crippen molar-refractivity contribution in [1.82, 2.24) is 0 Å². The minimum absolute atomic E-state index is 0.0185. The number of hydrogen-bond acceptors (Lipinski definition) is 1. The lowest BCUT2D eigenvalue weighted by molar-refractivity contribution is 0.350. The van der Waals surface area contributed by atoms with Gasteiger partial charge >= 0.3 is 0 Å².